The SMILES string of the molecule is CCN1CCCCC1C(=O)NCCc1c[nH]c2ccc3c(c12)CCNC3=O. The molecule has 1 atom stereocenters. The average Bonchev–Trinajstić information content (AvgIpc) is 3.11. The largest absolute Gasteiger partial charge is 0.361 e. The van der Waals surface area contributed by atoms with Gasteiger partial charge in [0.15, 0.2) is 0 Å². The molecule has 1 saturated heterocycles. The Labute approximate surface area is 159 Å². The highest BCUT2D eigenvalue weighted by Gasteiger charge is 2.27. The lowest BCUT2D eigenvalue weighted by molar-refractivity contribution is -0.127. The summed E-state index contributed by atoms with van der Waals surface area (Å²) in [6.07, 6.45) is 6.90. The van der Waals surface area contributed by atoms with Crippen LogP contribution >= 0.6 is 0 Å². The van der Waals surface area contributed by atoms with Crippen molar-refractivity contribution in [1.29, 1.82) is 0 Å². The van der Waals surface area contributed by atoms with E-state index in [9.17, 15) is 9.59 Å². The van der Waals surface area contributed by atoms with E-state index in [0.29, 0.717) is 13.1 Å². The fourth-order valence-corrected chi connectivity index (χ4v) is 4.54. The van der Waals surface area contributed by atoms with Crippen molar-refractivity contribution in [3.63, 3.8) is 0 Å². The first kappa shape index (κ1) is 18.0. The van der Waals surface area contributed by atoms with Crippen LogP contribution in [0, 0.1) is 0 Å². The smallest absolute Gasteiger partial charge is 0.251 e. The van der Waals surface area contributed by atoms with Gasteiger partial charge in [-0.2, -0.15) is 0 Å². The summed E-state index contributed by atoms with van der Waals surface area (Å²) in [5.74, 6) is 0.161. The summed E-state index contributed by atoms with van der Waals surface area (Å²) < 4.78 is 0. The maximum atomic E-state index is 12.6. The van der Waals surface area contributed by atoms with Crippen LogP contribution in [-0.2, 0) is 17.6 Å². The second-order valence-corrected chi connectivity index (χ2v) is 7.52. The van der Waals surface area contributed by atoms with Gasteiger partial charge < -0.3 is 15.6 Å². The Morgan fingerprint density at radius 3 is 3.07 bits per heavy atom. The number of aromatic amines is 1. The number of hydrogen-bond acceptors (Lipinski definition) is 3. The van der Waals surface area contributed by atoms with E-state index in [-0.39, 0.29) is 17.9 Å². The van der Waals surface area contributed by atoms with Crippen molar-refractivity contribution in [2.24, 2.45) is 0 Å². The molecule has 6 heteroatoms. The number of benzene rings is 1. The van der Waals surface area contributed by atoms with Crippen molar-refractivity contribution in [2.45, 2.75) is 45.1 Å². The minimum absolute atomic E-state index is 0.00978. The summed E-state index contributed by atoms with van der Waals surface area (Å²) in [5.41, 5.74) is 4.14. The molecule has 1 unspecified atom stereocenters. The summed E-state index contributed by atoms with van der Waals surface area (Å²) >= 11 is 0. The second-order valence-electron chi connectivity index (χ2n) is 7.52. The number of rotatable bonds is 5. The molecule has 0 saturated carbocycles. The van der Waals surface area contributed by atoms with Crippen LogP contribution in [0.4, 0.5) is 0 Å². The molecule has 3 heterocycles. The number of nitrogens with one attached hydrogen (secondary N) is 3. The zero-order chi connectivity index (χ0) is 18.8. The molecule has 0 bridgehead atoms. The lowest BCUT2D eigenvalue weighted by atomic mass is 9.94. The number of likely N-dealkylation sites (tertiary alicyclic amines) is 1. The monoisotopic (exact) mass is 368 g/mol. The number of H-pyrrole nitrogens is 1. The van der Waals surface area contributed by atoms with Gasteiger partial charge in [-0.05, 0) is 62.0 Å². The highest BCUT2D eigenvalue weighted by atomic mass is 16.2. The number of likely N-dealkylation sites (N-methyl/N-ethyl adjacent to an activating group) is 1. The third-order valence-corrected chi connectivity index (χ3v) is 5.96. The number of fused-ring (bicyclic) bond motifs is 3. The van der Waals surface area contributed by atoms with Gasteiger partial charge in [0.25, 0.3) is 5.91 Å². The van der Waals surface area contributed by atoms with E-state index in [1.54, 1.807) is 0 Å². The van der Waals surface area contributed by atoms with Crippen molar-refractivity contribution in [1.82, 2.24) is 20.5 Å². The first-order valence-electron chi connectivity index (χ1n) is 10.1. The van der Waals surface area contributed by atoms with Gasteiger partial charge in [0.05, 0.1) is 6.04 Å². The molecular formula is C21H28N4O2. The van der Waals surface area contributed by atoms with E-state index in [1.807, 2.05) is 18.3 Å². The van der Waals surface area contributed by atoms with Crippen molar-refractivity contribution in [3.05, 3.63) is 35.0 Å². The highest BCUT2D eigenvalue weighted by molar-refractivity contribution is 6.02. The van der Waals surface area contributed by atoms with Crippen molar-refractivity contribution < 1.29 is 9.59 Å². The first-order valence-corrected chi connectivity index (χ1v) is 10.1. The van der Waals surface area contributed by atoms with Crippen LogP contribution in [0.2, 0.25) is 0 Å². The van der Waals surface area contributed by atoms with Crippen molar-refractivity contribution >= 4 is 22.7 Å². The molecule has 144 valence electrons. The maximum absolute atomic E-state index is 12.6. The summed E-state index contributed by atoms with van der Waals surface area (Å²) in [4.78, 5) is 30.3. The van der Waals surface area contributed by atoms with Crippen LogP contribution in [0.3, 0.4) is 0 Å². The third kappa shape index (κ3) is 3.46. The van der Waals surface area contributed by atoms with E-state index in [2.05, 4.69) is 27.4 Å². The Hall–Kier alpha value is -2.34. The van der Waals surface area contributed by atoms with Gasteiger partial charge in [0.1, 0.15) is 0 Å². The number of nitrogens with zero attached hydrogens (tertiary/aromatic N) is 1. The average molecular weight is 368 g/mol. The predicted octanol–water partition coefficient (Wildman–Crippen LogP) is 1.99. The van der Waals surface area contributed by atoms with Crippen LogP contribution in [0.5, 0.6) is 0 Å². The highest BCUT2D eigenvalue weighted by Crippen LogP contribution is 2.28. The van der Waals surface area contributed by atoms with Crippen molar-refractivity contribution in [3.8, 4) is 0 Å². The molecule has 0 spiro atoms. The third-order valence-electron chi connectivity index (χ3n) is 5.96. The number of piperidine rings is 1. The summed E-state index contributed by atoms with van der Waals surface area (Å²) in [5, 5.41) is 7.20. The summed E-state index contributed by atoms with van der Waals surface area (Å²) in [6.45, 7) is 5.37. The van der Waals surface area contributed by atoms with Gasteiger partial charge in [-0.1, -0.05) is 13.3 Å². The molecule has 0 radical (unpaired) electrons. The molecule has 2 aromatic rings. The summed E-state index contributed by atoms with van der Waals surface area (Å²) in [7, 11) is 0. The molecule has 27 heavy (non-hydrogen) atoms. The standard InChI is InChI=1S/C21H28N4O2/c1-2-25-12-4-3-5-18(25)21(27)23-10-8-14-13-24-17-7-6-16-15(19(14)17)9-11-22-20(16)26/h6-7,13,18,24H,2-5,8-12H2,1H3,(H,22,26)(H,23,27). The van der Waals surface area contributed by atoms with Crippen LogP contribution < -0.4 is 10.6 Å². The molecule has 4 rings (SSSR count). The Balaban J connectivity index is 1.46. The molecule has 1 aromatic carbocycles. The predicted molar refractivity (Wildman–Crippen MR) is 106 cm³/mol. The number of amides is 2. The van der Waals surface area contributed by atoms with Crippen LogP contribution in [0.25, 0.3) is 10.9 Å². The molecule has 6 nitrogen and oxygen atoms in total. The Morgan fingerprint density at radius 1 is 1.33 bits per heavy atom. The van der Waals surface area contributed by atoms with Gasteiger partial charge in [0, 0.05) is 35.8 Å². The Morgan fingerprint density at radius 2 is 2.22 bits per heavy atom. The van der Waals surface area contributed by atoms with E-state index < -0.39 is 0 Å². The molecular weight excluding hydrogens is 340 g/mol. The number of hydrogen-bond donors (Lipinski definition) is 3. The topological polar surface area (TPSA) is 77.2 Å². The maximum Gasteiger partial charge on any atom is 0.251 e. The molecule has 0 aliphatic carbocycles. The molecule has 2 amide bonds. The molecule has 3 N–H and O–H groups in total. The number of carbonyl (C=O) groups excluding carboxylic acids is 2. The van der Waals surface area contributed by atoms with Gasteiger partial charge >= 0.3 is 0 Å². The normalized spacial score (nSPS) is 20.3. The van der Waals surface area contributed by atoms with E-state index in [1.165, 1.54) is 12.0 Å². The van der Waals surface area contributed by atoms with Crippen LogP contribution in [0.15, 0.2) is 18.3 Å². The van der Waals surface area contributed by atoms with E-state index >= 15 is 0 Å². The van der Waals surface area contributed by atoms with Crippen LogP contribution in [-0.4, -0.2) is 53.9 Å². The number of carbonyl (C=O) groups is 2. The second kappa shape index (κ2) is 7.72. The summed E-state index contributed by atoms with van der Waals surface area (Å²) in [6, 6.07) is 3.89. The minimum Gasteiger partial charge on any atom is -0.361 e. The fourth-order valence-electron chi connectivity index (χ4n) is 4.54. The van der Waals surface area contributed by atoms with E-state index in [4.69, 9.17) is 0 Å². The van der Waals surface area contributed by atoms with Gasteiger partial charge in [-0.15, -0.1) is 0 Å². The zero-order valence-corrected chi connectivity index (χ0v) is 15.9. The minimum atomic E-state index is 0.00978. The molecule has 1 fully saturated rings. The quantitative estimate of drug-likeness (QED) is 0.755. The first-order chi connectivity index (χ1) is 13.2. The molecule has 1 aromatic heterocycles. The van der Waals surface area contributed by atoms with Gasteiger partial charge in [0.2, 0.25) is 5.91 Å². The van der Waals surface area contributed by atoms with Gasteiger partial charge in [-0.3, -0.25) is 14.5 Å². The molecule has 2 aliphatic rings. The van der Waals surface area contributed by atoms with Gasteiger partial charge in [-0.25, -0.2) is 0 Å². The van der Waals surface area contributed by atoms with E-state index in [0.717, 1.165) is 60.8 Å². The van der Waals surface area contributed by atoms with Crippen LogP contribution in [0.1, 0.15) is 47.7 Å². The Bertz CT molecular complexity index is 857. The molecule has 2 aliphatic heterocycles. The number of aromatic nitrogens is 1. The fraction of sp³-hybridized carbons (Fsp3) is 0.524. The lowest BCUT2D eigenvalue weighted by Crippen LogP contribution is -2.49. The lowest BCUT2D eigenvalue weighted by Gasteiger charge is -2.33. The zero-order valence-electron chi connectivity index (χ0n) is 15.9. The Kier molecular flexibility index (Phi) is 5.16. The van der Waals surface area contributed by atoms with Crippen molar-refractivity contribution in [2.75, 3.05) is 26.2 Å².